The Hall–Kier alpha value is -1.13. The summed E-state index contributed by atoms with van der Waals surface area (Å²) >= 11 is 5.80. The van der Waals surface area contributed by atoms with E-state index in [1.54, 1.807) is 12.1 Å². The molecule has 1 aliphatic heterocycles. The highest BCUT2D eigenvalue weighted by Gasteiger charge is 2.26. The lowest BCUT2D eigenvalue weighted by Crippen LogP contribution is -2.20. The zero-order valence-electron chi connectivity index (χ0n) is 10.6. The van der Waals surface area contributed by atoms with Crippen LogP contribution in [0.15, 0.2) is 18.2 Å². The minimum Gasteiger partial charge on any atom is -0.299 e. The molecule has 0 radical (unpaired) electrons. The Morgan fingerprint density at radius 3 is 2.56 bits per heavy atom. The molecule has 2 rings (SSSR count). The first-order valence-corrected chi connectivity index (χ1v) is 6.50. The summed E-state index contributed by atoms with van der Waals surface area (Å²) < 4.78 is 0. The monoisotopic (exact) mass is 268 g/mol. The van der Waals surface area contributed by atoms with Crippen LogP contribution < -0.4 is 0 Å². The third-order valence-corrected chi connectivity index (χ3v) is 4.00. The van der Waals surface area contributed by atoms with Crippen LogP contribution in [0.3, 0.4) is 0 Å². The maximum Gasteiger partial charge on any atom is 0.288 e. The van der Waals surface area contributed by atoms with Crippen LogP contribution in [0.1, 0.15) is 19.4 Å². The molecule has 0 aliphatic carbocycles. The molecule has 1 aliphatic rings. The van der Waals surface area contributed by atoms with Crippen LogP contribution in [0, 0.1) is 22.0 Å². The highest BCUT2D eigenvalue weighted by atomic mass is 35.5. The second kappa shape index (κ2) is 5.24. The van der Waals surface area contributed by atoms with Crippen LogP contribution in [0.5, 0.6) is 0 Å². The highest BCUT2D eigenvalue weighted by molar-refractivity contribution is 6.32. The van der Waals surface area contributed by atoms with Gasteiger partial charge in [0.15, 0.2) is 0 Å². The predicted octanol–water partition coefficient (Wildman–Crippen LogP) is 3.34. The molecule has 0 bridgehead atoms. The van der Waals surface area contributed by atoms with Crippen molar-refractivity contribution in [2.75, 3.05) is 13.1 Å². The molecule has 0 amide bonds. The lowest BCUT2D eigenvalue weighted by Gasteiger charge is -2.15. The molecule has 1 aromatic carbocycles. The van der Waals surface area contributed by atoms with Crippen molar-refractivity contribution < 1.29 is 4.92 Å². The third kappa shape index (κ3) is 2.82. The number of nitro benzene ring substituents is 1. The quantitative estimate of drug-likeness (QED) is 0.624. The number of benzene rings is 1. The Morgan fingerprint density at radius 2 is 2.00 bits per heavy atom. The van der Waals surface area contributed by atoms with E-state index < -0.39 is 4.92 Å². The third-order valence-electron chi connectivity index (χ3n) is 3.68. The van der Waals surface area contributed by atoms with Crippen molar-refractivity contribution in [2.24, 2.45) is 11.8 Å². The van der Waals surface area contributed by atoms with Gasteiger partial charge < -0.3 is 0 Å². The molecule has 18 heavy (non-hydrogen) atoms. The van der Waals surface area contributed by atoms with Gasteiger partial charge in [-0.05, 0) is 23.5 Å². The van der Waals surface area contributed by atoms with Crippen LogP contribution >= 0.6 is 11.6 Å². The SMILES string of the molecule is CC1CN(Cc2ccc(Cl)c([N+](=O)[O-])c2)CC1C. The van der Waals surface area contributed by atoms with E-state index in [9.17, 15) is 10.1 Å². The molecule has 0 N–H and O–H groups in total. The fourth-order valence-corrected chi connectivity index (χ4v) is 2.62. The largest absolute Gasteiger partial charge is 0.299 e. The van der Waals surface area contributed by atoms with Gasteiger partial charge in [-0.2, -0.15) is 0 Å². The molecular weight excluding hydrogens is 252 g/mol. The van der Waals surface area contributed by atoms with E-state index >= 15 is 0 Å². The van der Waals surface area contributed by atoms with E-state index in [0.29, 0.717) is 11.8 Å². The summed E-state index contributed by atoms with van der Waals surface area (Å²) in [5, 5.41) is 11.0. The molecular formula is C13H17ClN2O2. The first-order chi connectivity index (χ1) is 8.47. The summed E-state index contributed by atoms with van der Waals surface area (Å²) in [5.41, 5.74) is 0.946. The van der Waals surface area contributed by atoms with Crippen molar-refractivity contribution in [3.05, 3.63) is 38.9 Å². The minimum atomic E-state index is -0.429. The summed E-state index contributed by atoms with van der Waals surface area (Å²) in [6.07, 6.45) is 0. The average Bonchev–Trinajstić information content (AvgIpc) is 2.60. The molecule has 2 unspecified atom stereocenters. The summed E-state index contributed by atoms with van der Waals surface area (Å²) in [4.78, 5) is 12.7. The van der Waals surface area contributed by atoms with Crippen molar-refractivity contribution in [3.63, 3.8) is 0 Å². The molecule has 0 aromatic heterocycles. The van der Waals surface area contributed by atoms with Crippen molar-refractivity contribution in [1.82, 2.24) is 4.90 Å². The number of rotatable bonds is 3. The van der Waals surface area contributed by atoms with E-state index in [1.165, 1.54) is 0 Å². The lowest BCUT2D eigenvalue weighted by atomic mass is 10.0. The Balaban J connectivity index is 2.11. The van der Waals surface area contributed by atoms with Crippen LogP contribution in [0.2, 0.25) is 5.02 Å². The van der Waals surface area contributed by atoms with Crippen LogP contribution in [0.4, 0.5) is 5.69 Å². The summed E-state index contributed by atoms with van der Waals surface area (Å²) in [6.45, 7) is 7.35. The second-order valence-electron chi connectivity index (χ2n) is 5.19. The maximum absolute atomic E-state index is 10.8. The van der Waals surface area contributed by atoms with Gasteiger partial charge in [0.05, 0.1) is 4.92 Å². The second-order valence-corrected chi connectivity index (χ2v) is 5.60. The normalized spacial score (nSPS) is 24.4. The topological polar surface area (TPSA) is 46.4 Å². The van der Waals surface area contributed by atoms with Crippen molar-refractivity contribution in [3.8, 4) is 0 Å². The van der Waals surface area contributed by atoms with Gasteiger partial charge in [-0.25, -0.2) is 0 Å². The fourth-order valence-electron chi connectivity index (χ4n) is 2.43. The number of nitrogens with zero attached hydrogens (tertiary/aromatic N) is 2. The zero-order valence-corrected chi connectivity index (χ0v) is 11.4. The molecule has 5 heteroatoms. The van der Waals surface area contributed by atoms with Gasteiger partial charge in [-0.15, -0.1) is 0 Å². The number of hydrogen-bond donors (Lipinski definition) is 0. The molecule has 2 atom stereocenters. The number of hydrogen-bond acceptors (Lipinski definition) is 3. The lowest BCUT2D eigenvalue weighted by molar-refractivity contribution is -0.384. The Morgan fingerprint density at radius 1 is 1.39 bits per heavy atom. The fraction of sp³-hybridized carbons (Fsp3) is 0.538. The smallest absolute Gasteiger partial charge is 0.288 e. The molecule has 1 fully saturated rings. The Labute approximate surface area is 112 Å². The standard InChI is InChI=1S/C13H17ClN2O2/c1-9-6-15(7-10(9)2)8-11-3-4-12(14)13(5-11)16(17)18/h3-5,9-10H,6-8H2,1-2H3. The first-order valence-electron chi connectivity index (χ1n) is 6.12. The van der Waals surface area contributed by atoms with Gasteiger partial charge in [0.25, 0.3) is 5.69 Å². The van der Waals surface area contributed by atoms with E-state index in [1.807, 2.05) is 6.07 Å². The highest BCUT2D eigenvalue weighted by Crippen LogP contribution is 2.28. The first kappa shape index (κ1) is 13.3. The molecule has 4 nitrogen and oxygen atoms in total. The van der Waals surface area contributed by atoms with Gasteiger partial charge >= 0.3 is 0 Å². The van der Waals surface area contributed by atoms with Crippen molar-refractivity contribution >= 4 is 17.3 Å². The predicted molar refractivity (Wildman–Crippen MR) is 71.7 cm³/mol. The average molecular weight is 269 g/mol. The Bertz CT molecular complexity index is 454. The van der Waals surface area contributed by atoms with E-state index in [4.69, 9.17) is 11.6 Å². The maximum atomic E-state index is 10.8. The van der Waals surface area contributed by atoms with Gasteiger partial charge in [-0.1, -0.05) is 31.5 Å². The van der Waals surface area contributed by atoms with Gasteiger partial charge in [0.2, 0.25) is 0 Å². The molecule has 1 heterocycles. The van der Waals surface area contributed by atoms with Crippen LogP contribution in [0.25, 0.3) is 0 Å². The van der Waals surface area contributed by atoms with Crippen molar-refractivity contribution in [1.29, 1.82) is 0 Å². The molecule has 1 aromatic rings. The minimum absolute atomic E-state index is 0.00513. The van der Waals surface area contributed by atoms with E-state index in [-0.39, 0.29) is 10.7 Å². The zero-order chi connectivity index (χ0) is 13.3. The van der Waals surface area contributed by atoms with Gasteiger partial charge in [0, 0.05) is 25.7 Å². The number of likely N-dealkylation sites (tertiary alicyclic amines) is 1. The van der Waals surface area contributed by atoms with Crippen LogP contribution in [-0.2, 0) is 6.54 Å². The number of nitro groups is 1. The molecule has 1 saturated heterocycles. The number of halogens is 1. The molecule has 98 valence electrons. The molecule has 0 saturated carbocycles. The van der Waals surface area contributed by atoms with E-state index in [0.717, 1.165) is 25.2 Å². The Kier molecular flexibility index (Phi) is 3.88. The summed E-state index contributed by atoms with van der Waals surface area (Å²) in [5.74, 6) is 1.37. The van der Waals surface area contributed by atoms with Gasteiger partial charge in [-0.3, -0.25) is 15.0 Å². The van der Waals surface area contributed by atoms with E-state index in [2.05, 4.69) is 18.7 Å². The van der Waals surface area contributed by atoms with Crippen LogP contribution in [-0.4, -0.2) is 22.9 Å². The van der Waals surface area contributed by atoms with Gasteiger partial charge in [0.1, 0.15) is 5.02 Å². The summed E-state index contributed by atoms with van der Waals surface area (Å²) in [6, 6.07) is 5.05. The molecule has 0 spiro atoms. The van der Waals surface area contributed by atoms with Crippen molar-refractivity contribution in [2.45, 2.75) is 20.4 Å². The summed E-state index contributed by atoms with van der Waals surface area (Å²) in [7, 11) is 0.